The SMILES string of the molecule is CC1(C)c2ccc(-n3c4ccccc4n4c5ccccc5nc34)cc2Oc2ccc(-n3c4ccccc4n4c5ccccc5nc34)cc2C1(C)C. The number of para-hydroxylation sites is 8. The summed E-state index contributed by atoms with van der Waals surface area (Å²) in [6, 6.07) is 47.0. The molecule has 4 aromatic heterocycles. The third kappa shape index (κ3) is 3.62. The minimum absolute atomic E-state index is 0.281. The third-order valence-electron chi connectivity index (χ3n) is 11.8. The molecule has 7 heteroatoms. The standard InChI is InChI=1S/C44H34N6O/c1-43(2)29-23-21-28(48-36-18-10-12-20-38(36)50-34-16-8-6-14-32(34)46-42(48)50)26-40(29)51-39-24-22-27(25-30(39)44(43,3)4)47-35-17-9-11-19-37(35)49-33-15-7-5-13-31(33)45-41(47)49/h5-26H,1-4H3. The zero-order valence-electron chi connectivity index (χ0n) is 28.8. The molecular weight excluding hydrogens is 629 g/mol. The van der Waals surface area contributed by atoms with E-state index in [1.54, 1.807) is 0 Å². The molecule has 0 spiro atoms. The molecule has 51 heavy (non-hydrogen) atoms. The molecule has 0 N–H and O–H groups in total. The number of rotatable bonds is 2. The van der Waals surface area contributed by atoms with Crippen LogP contribution in [0.25, 0.3) is 67.1 Å². The number of aromatic nitrogens is 6. The van der Waals surface area contributed by atoms with Gasteiger partial charge in [-0.05, 0) is 72.8 Å². The van der Waals surface area contributed by atoms with Crippen LogP contribution in [0.2, 0.25) is 0 Å². The number of fused-ring (bicyclic) bond motifs is 12. The second-order valence-electron chi connectivity index (χ2n) is 14.8. The second kappa shape index (κ2) is 9.67. The lowest BCUT2D eigenvalue weighted by molar-refractivity contribution is 0.306. The fourth-order valence-corrected chi connectivity index (χ4v) is 8.49. The maximum atomic E-state index is 7.02. The highest BCUT2D eigenvalue weighted by atomic mass is 16.5. The zero-order valence-corrected chi connectivity index (χ0v) is 28.8. The molecule has 1 aliphatic heterocycles. The Bertz CT molecular complexity index is 3080. The van der Waals surface area contributed by atoms with Crippen molar-refractivity contribution < 1.29 is 4.74 Å². The van der Waals surface area contributed by atoms with Crippen molar-refractivity contribution in [3.63, 3.8) is 0 Å². The molecule has 0 bridgehead atoms. The van der Waals surface area contributed by atoms with Gasteiger partial charge >= 0.3 is 0 Å². The van der Waals surface area contributed by atoms with Crippen molar-refractivity contribution in [3.8, 4) is 22.9 Å². The smallest absolute Gasteiger partial charge is 0.220 e. The first-order chi connectivity index (χ1) is 24.8. The van der Waals surface area contributed by atoms with Crippen LogP contribution in [0.5, 0.6) is 11.5 Å². The Labute approximate surface area is 293 Å². The molecule has 0 radical (unpaired) electrons. The van der Waals surface area contributed by atoms with Crippen molar-refractivity contribution >= 4 is 55.7 Å². The Morgan fingerprint density at radius 3 is 1.45 bits per heavy atom. The Kier molecular flexibility index (Phi) is 5.40. The summed E-state index contributed by atoms with van der Waals surface area (Å²) in [7, 11) is 0. The maximum Gasteiger partial charge on any atom is 0.220 e. The highest BCUT2D eigenvalue weighted by Crippen LogP contribution is 2.54. The Morgan fingerprint density at radius 1 is 0.431 bits per heavy atom. The molecular formula is C44H34N6O. The van der Waals surface area contributed by atoms with Gasteiger partial charge in [-0.2, -0.15) is 0 Å². The van der Waals surface area contributed by atoms with Gasteiger partial charge in [0.1, 0.15) is 11.5 Å². The van der Waals surface area contributed by atoms with Crippen molar-refractivity contribution in [2.75, 3.05) is 0 Å². The molecule has 0 fully saturated rings. The van der Waals surface area contributed by atoms with E-state index in [0.29, 0.717) is 0 Å². The van der Waals surface area contributed by atoms with E-state index in [1.165, 1.54) is 5.56 Å². The van der Waals surface area contributed by atoms with Crippen molar-refractivity contribution in [2.24, 2.45) is 0 Å². The van der Waals surface area contributed by atoms with Gasteiger partial charge < -0.3 is 4.74 Å². The summed E-state index contributed by atoms with van der Waals surface area (Å²) in [5, 5.41) is 0. The Morgan fingerprint density at radius 2 is 0.882 bits per heavy atom. The minimum Gasteiger partial charge on any atom is -0.457 e. The van der Waals surface area contributed by atoms with Crippen LogP contribution < -0.4 is 4.74 Å². The molecule has 0 saturated carbocycles. The van der Waals surface area contributed by atoms with Crippen LogP contribution in [0.1, 0.15) is 38.8 Å². The summed E-state index contributed by atoms with van der Waals surface area (Å²) in [4.78, 5) is 10.2. The van der Waals surface area contributed by atoms with Crippen LogP contribution in [0, 0.1) is 0 Å². The minimum atomic E-state index is -0.293. The van der Waals surface area contributed by atoms with Gasteiger partial charge in [0, 0.05) is 33.7 Å². The van der Waals surface area contributed by atoms with Gasteiger partial charge in [-0.3, -0.25) is 17.9 Å². The topological polar surface area (TPSA) is 53.7 Å². The normalized spacial score (nSPS) is 15.1. The van der Waals surface area contributed by atoms with Crippen LogP contribution in [-0.2, 0) is 10.8 Å². The van der Waals surface area contributed by atoms with Crippen molar-refractivity contribution in [2.45, 2.75) is 38.5 Å². The van der Waals surface area contributed by atoms with Gasteiger partial charge in [0.25, 0.3) is 0 Å². The maximum absolute atomic E-state index is 7.02. The van der Waals surface area contributed by atoms with Gasteiger partial charge in [-0.1, -0.05) is 82.3 Å². The van der Waals surface area contributed by atoms with E-state index in [-0.39, 0.29) is 10.8 Å². The number of nitrogens with zero attached hydrogens (tertiary/aromatic N) is 6. The van der Waals surface area contributed by atoms with E-state index in [2.05, 4.69) is 167 Å². The quantitative estimate of drug-likeness (QED) is 0.185. The number of ether oxygens (including phenoxy) is 1. The molecule has 6 aromatic carbocycles. The van der Waals surface area contributed by atoms with Crippen LogP contribution in [0.3, 0.4) is 0 Å². The molecule has 1 aliphatic rings. The van der Waals surface area contributed by atoms with Crippen LogP contribution in [-0.4, -0.2) is 27.9 Å². The molecule has 0 saturated heterocycles. The lowest BCUT2D eigenvalue weighted by atomic mass is 9.61. The molecule has 0 unspecified atom stereocenters. The summed E-state index contributed by atoms with van der Waals surface area (Å²) in [5.74, 6) is 3.50. The lowest BCUT2D eigenvalue weighted by Crippen LogP contribution is -2.39. The highest BCUT2D eigenvalue weighted by molar-refractivity contribution is 5.93. The molecule has 0 aliphatic carbocycles. The molecule has 0 atom stereocenters. The summed E-state index contributed by atoms with van der Waals surface area (Å²) in [6.45, 7) is 9.36. The van der Waals surface area contributed by atoms with E-state index >= 15 is 0 Å². The fraction of sp³-hybridized carbons (Fsp3) is 0.136. The molecule has 246 valence electrons. The Hall–Kier alpha value is -6.34. The summed E-state index contributed by atoms with van der Waals surface area (Å²) < 4.78 is 16.1. The Balaban J connectivity index is 1.11. The van der Waals surface area contributed by atoms with E-state index in [4.69, 9.17) is 14.7 Å². The summed E-state index contributed by atoms with van der Waals surface area (Å²) in [5.41, 5.74) is 12.4. The van der Waals surface area contributed by atoms with Crippen molar-refractivity contribution in [3.05, 3.63) is 145 Å². The first-order valence-electron chi connectivity index (χ1n) is 17.5. The third-order valence-corrected chi connectivity index (χ3v) is 11.8. The van der Waals surface area contributed by atoms with Gasteiger partial charge in [0.05, 0.1) is 49.8 Å². The van der Waals surface area contributed by atoms with E-state index < -0.39 is 0 Å². The van der Waals surface area contributed by atoms with Crippen LogP contribution in [0.15, 0.2) is 133 Å². The van der Waals surface area contributed by atoms with Gasteiger partial charge in [0.2, 0.25) is 11.6 Å². The zero-order chi connectivity index (χ0) is 34.2. The molecule has 11 rings (SSSR count). The largest absolute Gasteiger partial charge is 0.457 e. The van der Waals surface area contributed by atoms with Crippen molar-refractivity contribution in [1.29, 1.82) is 0 Å². The average molecular weight is 663 g/mol. The molecule has 10 aromatic rings. The predicted molar refractivity (Wildman–Crippen MR) is 205 cm³/mol. The number of hydrogen-bond acceptors (Lipinski definition) is 3. The van der Waals surface area contributed by atoms with E-state index in [1.807, 2.05) is 12.1 Å². The molecule has 7 nitrogen and oxygen atoms in total. The first-order valence-corrected chi connectivity index (χ1v) is 17.5. The fourth-order valence-electron chi connectivity index (χ4n) is 8.49. The number of imidazole rings is 4. The predicted octanol–water partition coefficient (Wildman–Crippen LogP) is 10.5. The van der Waals surface area contributed by atoms with Gasteiger partial charge in [0.15, 0.2) is 0 Å². The summed E-state index contributed by atoms with van der Waals surface area (Å²) >= 11 is 0. The van der Waals surface area contributed by atoms with Crippen LogP contribution >= 0.6 is 0 Å². The van der Waals surface area contributed by atoms with Gasteiger partial charge in [-0.15, -0.1) is 0 Å². The van der Waals surface area contributed by atoms with Crippen molar-refractivity contribution in [1.82, 2.24) is 27.9 Å². The molecule has 0 amide bonds. The second-order valence-corrected chi connectivity index (χ2v) is 14.8. The van der Waals surface area contributed by atoms with Crippen LogP contribution in [0.4, 0.5) is 0 Å². The first kappa shape index (κ1) is 28.5. The van der Waals surface area contributed by atoms with E-state index in [9.17, 15) is 0 Å². The monoisotopic (exact) mass is 662 g/mol. The number of hydrogen-bond donors (Lipinski definition) is 0. The molecule has 5 heterocycles. The summed E-state index contributed by atoms with van der Waals surface area (Å²) in [6.07, 6.45) is 0. The van der Waals surface area contributed by atoms with Gasteiger partial charge in [-0.25, -0.2) is 9.97 Å². The van der Waals surface area contributed by atoms with E-state index in [0.717, 1.165) is 84.1 Å². The number of benzene rings is 6. The average Bonchev–Trinajstić information content (AvgIpc) is 3.87. The lowest BCUT2D eigenvalue weighted by Gasteiger charge is -2.41. The highest BCUT2D eigenvalue weighted by Gasteiger charge is 2.45.